The van der Waals surface area contributed by atoms with E-state index in [0.29, 0.717) is 24.7 Å². The molecule has 130 valence electrons. The van der Waals surface area contributed by atoms with Gasteiger partial charge in [0.15, 0.2) is 0 Å². The first kappa shape index (κ1) is 16.8. The molecule has 0 bridgehead atoms. The lowest BCUT2D eigenvalue weighted by molar-refractivity contribution is -0.117. The first-order chi connectivity index (χ1) is 12.0. The average Bonchev–Trinajstić information content (AvgIpc) is 3.03. The molecule has 0 saturated carbocycles. The molecule has 1 aliphatic rings. The Morgan fingerprint density at radius 2 is 1.76 bits per heavy atom. The second-order valence-corrected chi connectivity index (χ2v) is 5.71. The Hall–Kier alpha value is -3.06. The number of carbonyl (C=O) groups is 2. The molecule has 0 radical (unpaired) electrons. The maximum absolute atomic E-state index is 11.9. The zero-order chi connectivity index (χ0) is 17.8. The largest absolute Gasteiger partial charge is 0.465 e. The maximum atomic E-state index is 11.9. The number of hydrogen-bond acceptors (Lipinski definition) is 4. The second kappa shape index (κ2) is 7.23. The van der Waals surface area contributed by atoms with E-state index in [9.17, 15) is 9.59 Å². The SMILES string of the molecule is C[C@@H](NC(=O)O)C(=O)Nc1ccc(Oc2ccc3c(c2)COC3)cc1. The molecule has 3 rings (SSSR count). The van der Waals surface area contributed by atoms with Crippen LogP contribution in [0.15, 0.2) is 42.5 Å². The molecule has 0 fully saturated rings. The van der Waals surface area contributed by atoms with Crippen LogP contribution >= 0.6 is 0 Å². The lowest BCUT2D eigenvalue weighted by Gasteiger charge is -2.12. The molecule has 1 atom stereocenters. The summed E-state index contributed by atoms with van der Waals surface area (Å²) in [6.07, 6.45) is -1.24. The fourth-order valence-electron chi connectivity index (χ4n) is 2.46. The van der Waals surface area contributed by atoms with Crippen molar-refractivity contribution < 1.29 is 24.2 Å². The van der Waals surface area contributed by atoms with Crippen molar-refractivity contribution in [2.75, 3.05) is 5.32 Å². The molecule has 0 aliphatic carbocycles. The van der Waals surface area contributed by atoms with E-state index in [1.165, 1.54) is 12.5 Å². The maximum Gasteiger partial charge on any atom is 0.405 e. The highest BCUT2D eigenvalue weighted by Gasteiger charge is 2.15. The number of fused-ring (bicyclic) bond motifs is 1. The number of carboxylic acid groups (broad SMARTS) is 1. The minimum Gasteiger partial charge on any atom is -0.465 e. The molecule has 0 spiro atoms. The number of anilines is 1. The average molecular weight is 342 g/mol. The molecular weight excluding hydrogens is 324 g/mol. The van der Waals surface area contributed by atoms with Crippen LogP contribution in [-0.4, -0.2) is 23.1 Å². The normalized spacial score (nSPS) is 13.6. The van der Waals surface area contributed by atoms with Gasteiger partial charge in [0.1, 0.15) is 17.5 Å². The Morgan fingerprint density at radius 3 is 2.48 bits per heavy atom. The summed E-state index contributed by atoms with van der Waals surface area (Å²) in [5, 5.41) is 13.4. The van der Waals surface area contributed by atoms with E-state index < -0.39 is 18.0 Å². The zero-order valence-electron chi connectivity index (χ0n) is 13.6. The minimum absolute atomic E-state index is 0.435. The van der Waals surface area contributed by atoms with Gasteiger partial charge in [-0.2, -0.15) is 0 Å². The quantitative estimate of drug-likeness (QED) is 0.776. The van der Waals surface area contributed by atoms with Gasteiger partial charge in [0.2, 0.25) is 5.91 Å². The second-order valence-electron chi connectivity index (χ2n) is 5.71. The van der Waals surface area contributed by atoms with Crippen molar-refractivity contribution in [1.29, 1.82) is 0 Å². The van der Waals surface area contributed by atoms with Crippen LogP contribution in [0.4, 0.5) is 10.5 Å². The zero-order valence-corrected chi connectivity index (χ0v) is 13.6. The Labute approximate surface area is 144 Å². The van der Waals surface area contributed by atoms with Gasteiger partial charge in [-0.25, -0.2) is 4.79 Å². The molecule has 0 saturated heterocycles. The first-order valence-electron chi connectivity index (χ1n) is 7.79. The number of rotatable bonds is 5. The fraction of sp³-hybridized carbons (Fsp3) is 0.222. The molecule has 7 heteroatoms. The van der Waals surface area contributed by atoms with Gasteiger partial charge in [0.05, 0.1) is 13.2 Å². The highest BCUT2D eigenvalue weighted by atomic mass is 16.5. The minimum atomic E-state index is -1.24. The molecule has 0 aromatic heterocycles. The number of hydrogen-bond donors (Lipinski definition) is 3. The third-order valence-corrected chi connectivity index (χ3v) is 3.78. The number of carbonyl (C=O) groups excluding carboxylic acids is 1. The highest BCUT2D eigenvalue weighted by Crippen LogP contribution is 2.28. The summed E-state index contributed by atoms with van der Waals surface area (Å²) >= 11 is 0. The first-order valence-corrected chi connectivity index (χ1v) is 7.79. The molecule has 0 unspecified atom stereocenters. The number of ether oxygens (including phenoxy) is 2. The van der Waals surface area contributed by atoms with Crippen LogP contribution in [0.1, 0.15) is 18.1 Å². The van der Waals surface area contributed by atoms with Crippen LogP contribution in [0.5, 0.6) is 11.5 Å². The molecule has 7 nitrogen and oxygen atoms in total. The van der Waals surface area contributed by atoms with Crippen molar-refractivity contribution in [3.8, 4) is 11.5 Å². The summed E-state index contributed by atoms with van der Waals surface area (Å²) in [6, 6.07) is 11.8. The standard InChI is InChI=1S/C18H18N2O5/c1-11(19-18(22)23)17(21)20-14-3-6-15(7-4-14)25-16-5-2-12-9-24-10-13(12)8-16/h2-8,11,19H,9-10H2,1H3,(H,20,21)(H,22,23)/t11-/m1/s1. The molecule has 2 aromatic rings. The third-order valence-electron chi connectivity index (χ3n) is 3.78. The number of nitrogens with one attached hydrogen (secondary N) is 2. The molecule has 1 heterocycles. The summed E-state index contributed by atoms with van der Waals surface area (Å²) in [5.41, 5.74) is 2.86. The monoisotopic (exact) mass is 342 g/mol. The van der Waals surface area contributed by atoms with E-state index in [0.717, 1.165) is 11.3 Å². The number of amides is 2. The van der Waals surface area contributed by atoms with Crippen LogP contribution < -0.4 is 15.4 Å². The number of benzene rings is 2. The van der Waals surface area contributed by atoms with Gasteiger partial charge in [-0.3, -0.25) is 4.79 Å². The molecule has 1 aliphatic heterocycles. The smallest absolute Gasteiger partial charge is 0.405 e. The molecule has 25 heavy (non-hydrogen) atoms. The van der Waals surface area contributed by atoms with Gasteiger partial charge in [-0.1, -0.05) is 6.07 Å². The van der Waals surface area contributed by atoms with E-state index in [4.69, 9.17) is 14.6 Å². The van der Waals surface area contributed by atoms with E-state index in [1.54, 1.807) is 24.3 Å². The van der Waals surface area contributed by atoms with Crippen molar-refractivity contribution in [2.24, 2.45) is 0 Å². The summed E-state index contributed by atoms with van der Waals surface area (Å²) in [6.45, 7) is 2.71. The predicted molar refractivity (Wildman–Crippen MR) is 90.7 cm³/mol. The van der Waals surface area contributed by atoms with Crippen molar-refractivity contribution in [1.82, 2.24) is 5.32 Å². The van der Waals surface area contributed by atoms with Crippen LogP contribution in [0, 0.1) is 0 Å². The van der Waals surface area contributed by atoms with Crippen LogP contribution in [0.2, 0.25) is 0 Å². The molecule has 2 amide bonds. The predicted octanol–water partition coefficient (Wildman–Crippen LogP) is 3.10. The summed E-state index contributed by atoms with van der Waals surface area (Å²) in [5.74, 6) is 0.920. The summed E-state index contributed by atoms with van der Waals surface area (Å²) < 4.78 is 11.2. The lowest BCUT2D eigenvalue weighted by atomic mass is 10.1. The van der Waals surface area contributed by atoms with E-state index >= 15 is 0 Å². The Bertz CT molecular complexity index is 789. The van der Waals surface area contributed by atoms with E-state index in [2.05, 4.69) is 10.6 Å². The molecular formula is C18H18N2O5. The van der Waals surface area contributed by atoms with Gasteiger partial charge < -0.3 is 25.2 Å². The lowest BCUT2D eigenvalue weighted by Crippen LogP contribution is -2.40. The summed E-state index contributed by atoms with van der Waals surface area (Å²) in [7, 11) is 0. The van der Waals surface area contributed by atoms with Crippen molar-refractivity contribution in [2.45, 2.75) is 26.2 Å². The summed E-state index contributed by atoms with van der Waals surface area (Å²) in [4.78, 5) is 22.4. The topological polar surface area (TPSA) is 96.9 Å². The van der Waals surface area contributed by atoms with Crippen molar-refractivity contribution in [3.63, 3.8) is 0 Å². The van der Waals surface area contributed by atoms with Crippen LogP contribution in [-0.2, 0) is 22.7 Å². The van der Waals surface area contributed by atoms with E-state index in [1.807, 2.05) is 18.2 Å². The van der Waals surface area contributed by atoms with E-state index in [-0.39, 0.29) is 0 Å². The van der Waals surface area contributed by atoms with Gasteiger partial charge in [0.25, 0.3) is 0 Å². The Balaban J connectivity index is 1.60. The third kappa shape index (κ3) is 4.27. The van der Waals surface area contributed by atoms with Crippen molar-refractivity contribution in [3.05, 3.63) is 53.6 Å². The van der Waals surface area contributed by atoms with Gasteiger partial charge in [-0.15, -0.1) is 0 Å². The molecule has 2 aromatic carbocycles. The van der Waals surface area contributed by atoms with Crippen LogP contribution in [0.3, 0.4) is 0 Å². The van der Waals surface area contributed by atoms with Gasteiger partial charge >= 0.3 is 6.09 Å². The highest BCUT2D eigenvalue weighted by molar-refractivity contribution is 5.96. The van der Waals surface area contributed by atoms with Crippen LogP contribution in [0.25, 0.3) is 0 Å². The Morgan fingerprint density at radius 1 is 1.08 bits per heavy atom. The van der Waals surface area contributed by atoms with Gasteiger partial charge in [-0.05, 0) is 54.4 Å². The van der Waals surface area contributed by atoms with Gasteiger partial charge in [0, 0.05) is 5.69 Å². The Kier molecular flexibility index (Phi) is 4.85. The fourth-order valence-corrected chi connectivity index (χ4v) is 2.46. The molecule has 3 N–H and O–H groups in total. The van der Waals surface area contributed by atoms with Crippen molar-refractivity contribution >= 4 is 17.7 Å².